The maximum absolute atomic E-state index is 14.0. The van der Waals surface area contributed by atoms with Crippen LogP contribution in [0.5, 0.6) is 0 Å². The van der Waals surface area contributed by atoms with Crippen molar-refractivity contribution < 1.29 is 36.9 Å². The van der Waals surface area contributed by atoms with Crippen LogP contribution < -0.4 is 0 Å². The molecule has 3 aliphatic rings. The van der Waals surface area contributed by atoms with Crippen molar-refractivity contribution in [2.75, 3.05) is 19.8 Å². The van der Waals surface area contributed by atoms with Crippen LogP contribution in [0.2, 0.25) is 0 Å². The predicted molar refractivity (Wildman–Crippen MR) is 135 cm³/mol. The van der Waals surface area contributed by atoms with Gasteiger partial charge in [0.15, 0.2) is 0 Å². The van der Waals surface area contributed by atoms with Crippen LogP contribution in [0.25, 0.3) is 11.1 Å². The summed E-state index contributed by atoms with van der Waals surface area (Å²) < 4.78 is 65.0. The van der Waals surface area contributed by atoms with Crippen molar-refractivity contribution >= 4 is 6.09 Å². The lowest BCUT2D eigenvalue weighted by Gasteiger charge is -2.51. The van der Waals surface area contributed by atoms with Gasteiger partial charge in [0.2, 0.25) is 0 Å². The molecule has 3 aromatic rings. The Bertz CT molecular complexity index is 1350. The van der Waals surface area contributed by atoms with Gasteiger partial charge in [-0.1, -0.05) is 48.5 Å². The molecule has 1 aliphatic carbocycles. The summed E-state index contributed by atoms with van der Waals surface area (Å²) in [5.41, 5.74) is 1.96. The van der Waals surface area contributed by atoms with Gasteiger partial charge in [-0.25, -0.2) is 9.18 Å². The zero-order chi connectivity index (χ0) is 27.4. The molecule has 1 N–H and O–H groups in total. The van der Waals surface area contributed by atoms with Gasteiger partial charge in [-0.05, 0) is 58.9 Å². The standard InChI is InChI=1S/C30H27F4NO4/c31-20-10-18(9-19(11-20)30(32,33)34)12-29(37)13-21-15-38-16-22(14-29)35(21)28(36)39-17-27-25-7-3-1-5-23(25)24-6-2-4-8-26(24)27/h1-11,21-22,27,37H,12-17H2. The molecule has 39 heavy (non-hydrogen) atoms. The highest BCUT2D eigenvalue weighted by atomic mass is 19.4. The number of nitrogens with zero attached hydrogens (tertiary/aromatic N) is 1. The summed E-state index contributed by atoms with van der Waals surface area (Å²) in [6.07, 6.45) is -5.23. The van der Waals surface area contributed by atoms with Crippen molar-refractivity contribution in [1.82, 2.24) is 4.90 Å². The van der Waals surface area contributed by atoms with E-state index in [-0.39, 0.29) is 50.6 Å². The Balaban J connectivity index is 1.17. The van der Waals surface area contributed by atoms with Crippen LogP contribution in [0.15, 0.2) is 66.7 Å². The van der Waals surface area contributed by atoms with E-state index in [1.165, 1.54) is 0 Å². The highest BCUT2D eigenvalue weighted by Gasteiger charge is 2.49. The second-order valence-electron chi connectivity index (χ2n) is 10.7. The summed E-state index contributed by atoms with van der Waals surface area (Å²) in [7, 11) is 0. The maximum atomic E-state index is 14.0. The van der Waals surface area contributed by atoms with Crippen LogP contribution in [0.1, 0.15) is 41.0 Å². The number of aliphatic hydroxyl groups is 1. The Hall–Kier alpha value is -3.43. The number of ether oxygens (including phenoxy) is 2. The van der Waals surface area contributed by atoms with E-state index in [0.29, 0.717) is 6.07 Å². The summed E-state index contributed by atoms with van der Waals surface area (Å²) >= 11 is 0. The summed E-state index contributed by atoms with van der Waals surface area (Å²) in [4.78, 5) is 14.9. The molecule has 0 saturated carbocycles. The van der Waals surface area contributed by atoms with Gasteiger partial charge in [-0.15, -0.1) is 0 Å². The molecule has 0 radical (unpaired) electrons. The summed E-state index contributed by atoms with van der Waals surface area (Å²) in [5, 5.41) is 11.4. The van der Waals surface area contributed by atoms with Crippen molar-refractivity contribution in [3.63, 3.8) is 0 Å². The van der Waals surface area contributed by atoms with E-state index in [2.05, 4.69) is 12.1 Å². The third-order valence-corrected chi connectivity index (χ3v) is 8.00. The summed E-state index contributed by atoms with van der Waals surface area (Å²) in [6, 6.07) is 17.3. The third kappa shape index (κ3) is 4.89. The fraction of sp³-hybridized carbons (Fsp3) is 0.367. The number of hydrogen-bond acceptors (Lipinski definition) is 4. The number of benzene rings is 3. The Morgan fingerprint density at radius 3 is 2.15 bits per heavy atom. The third-order valence-electron chi connectivity index (χ3n) is 8.00. The largest absolute Gasteiger partial charge is 0.448 e. The molecule has 0 spiro atoms. The van der Waals surface area contributed by atoms with E-state index >= 15 is 0 Å². The monoisotopic (exact) mass is 541 g/mol. The number of carbonyl (C=O) groups is 1. The summed E-state index contributed by atoms with van der Waals surface area (Å²) in [5.74, 6) is -1.11. The van der Waals surface area contributed by atoms with Gasteiger partial charge in [0.25, 0.3) is 0 Å². The van der Waals surface area contributed by atoms with Gasteiger partial charge in [-0.3, -0.25) is 4.90 Å². The molecule has 6 rings (SSSR count). The van der Waals surface area contributed by atoms with Crippen molar-refractivity contribution in [3.05, 3.63) is 94.8 Å². The van der Waals surface area contributed by atoms with E-state index in [1.807, 2.05) is 36.4 Å². The fourth-order valence-electron chi connectivity index (χ4n) is 6.48. The van der Waals surface area contributed by atoms with E-state index in [0.717, 1.165) is 34.4 Å². The number of amides is 1. The van der Waals surface area contributed by atoms with Crippen LogP contribution in [0, 0.1) is 5.82 Å². The van der Waals surface area contributed by atoms with Gasteiger partial charge in [0.05, 0.1) is 36.5 Å². The first-order valence-corrected chi connectivity index (χ1v) is 12.9. The second kappa shape index (κ2) is 9.64. The zero-order valence-corrected chi connectivity index (χ0v) is 21.0. The number of carbonyl (C=O) groups excluding carboxylic acids is 1. The molecule has 2 unspecified atom stereocenters. The number of rotatable bonds is 4. The van der Waals surface area contributed by atoms with E-state index in [1.54, 1.807) is 4.90 Å². The van der Waals surface area contributed by atoms with Gasteiger partial charge < -0.3 is 14.6 Å². The van der Waals surface area contributed by atoms with Gasteiger partial charge in [0, 0.05) is 12.3 Å². The second-order valence-corrected chi connectivity index (χ2v) is 10.7. The first-order chi connectivity index (χ1) is 18.6. The van der Waals surface area contributed by atoms with Crippen molar-refractivity contribution in [2.45, 2.75) is 49.0 Å². The molecule has 2 aliphatic heterocycles. The molecular formula is C30H27F4NO4. The SMILES string of the molecule is O=C(OCC1c2ccccc2-c2ccccc21)N1C2COCC1CC(O)(Cc1cc(F)cc(C(F)(F)F)c1)C2. The number of fused-ring (bicyclic) bond motifs is 5. The topological polar surface area (TPSA) is 59.0 Å². The maximum Gasteiger partial charge on any atom is 0.416 e. The minimum absolute atomic E-state index is 0.0541. The lowest BCUT2D eigenvalue weighted by Crippen LogP contribution is -2.64. The van der Waals surface area contributed by atoms with Crippen LogP contribution in [-0.4, -0.2) is 53.6 Å². The van der Waals surface area contributed by atoms with Crippen LogP contribution in [0.4, 0.5) is 22.4 Å². The first kappa shape index (κ1) is 25.8. The number of alkyl halides is 3. The highest BCUT2D eigenvalue weighted by Crippen LogP contribution is 2.45. The smallest absolute Gasteiger partial charge is 0.416 e. The lowest BCUT2D eigenvalue weighted by atomic mass is 9.77. The average molecular weight is 542 g/mol. The van der Waals surface area contributed by atoms with Crippen molar-refractivity contribution in [3.8, 4) is 11.1 Å². The fourth-order valence-corrected chi connectivity index (χ4v) is 6.48. The van der Waals surface area contributed by atoms with E-state index < -0.39 is 41.3 Å². The Labute approximate surface area is 223 Å². The zero-order valence-electron chi connectivity index (χ0n) is 21.0. The molecule has 5 nitrogen and oxygen atoms in total. The van der Waals surface area contributed by atoms with Crippen LogP contribution in [0.3, 0.4) is 0 Å². The lowest BCUT2D eigenvalue weighted by molar-refractivity contribution is -0.138. The van der Waals surface area contributed by atoms with Gasteiger partial charge in [-0.2, -0.15) is 13.2 Å². The molecule has 2 saturated heterocycles. The van der Waals surface area contributed by atoms with E-state index in [4.69, 9.17) is 9.47 Å². The number of halogens is 4. The number of hydrogen-bond donors (Lipinski definition) is 1. The molecule has 3 aromatic carbocycles. The molecule has 204 valence electrons. The molecule has 0 aromatic heterocycles. The molecule has 9 heteroatoms. The molecule has 2 heterocycles. The van der Waals surface area contributed by atoms with Crippen molar-refractivity contribution in [2.24, 2.45) is 0 Å². The molecule has 2 bridgehead atoms. The molecule has 2 atom stereocenters. The molecule has 2 fully saturated rings. The van der Waals surface area contributed by atoms with Crippen molar-refractivity contribution in [1.29, 1.82) is 0 Å². The van der Waals surface area contributed by atoms with Crippen LogP contribution in [-0.2, 0) is 22.1 Å². The Morgan fingerprint density at radius 1 is 0.974 bits per heavy atom. The van der Waals surface area contributed by atoms with E-state index in [9.17, 15) is 27.5 Å². The number of morpholine rings is 1. The highest BCUT2D eigenvalue weighted by molar-refractivity contribution is 5.79. The Kier molecular flexibility index (Phi) is 6.38. The van der Waals surface area contributed by atoms with Gasteiger partial charge >= 0.3 is 12.3 Å². The normalized spacial score (nSPS) is 24.3. The molecule has 1 amide bonds. The summed E-state index contributed by atoms with van der Waals surface area (Å²) in [6.45, 7) is 0.483. The Morgan fingerprint density at radius 2 is 1.56 bits per heavy atom. The van der Waals surface area contributed by atoms with Gasteiger partial charge in [0.1, 0.15) is 12.4 Å². The predicted octanol–water partition coefficient (Wildman–Crippen LogP) is 5.93. The first-order valence-electron chi connectivity index (χ1n) is 12.9. The molecular weight excluding hydrogens is 514 g/mol. The number of piperidine rings is 1. The average Bonchev–Trinajstić information content (AvgIpc) is 3.19. The van der Waals surface area contributed by atoms with Crippen LogP contribution >= 0.6 is 0 Å². The minimum Gasteiger partial charge on any atom is -0.448 e. The quantitative estimate of drug-likeness (QED) is 0.416. The minimum atomic E-state index is -4.70.